The van der Waals surface area contributed by atoms with Crippen molar-refractivity contribution in [2.24, 2.45) is 11.3 Å². The molecule has 0 saturated carbocycles. The summed E-state index contributed by atoms with van der Waals surface area (Å²) in [5, 5.41) is 10.3. The Morgan fingerprint density at radius 3 is 3.10 bits per heavy atom. The van der Waals surface area contributed by atoms with Crippen LogP contribution in [0.15, 0.2) is 18.2 Å². The molecule has 2 heterocycles. The lowest BCUT2D eigenvalue weighted by molar-refractivity contribution is -0.0556. The number of halogens is 1. The van der Waals surface area contributed by atoms with E-state index in [1.165, 1.54) is 0 Å². The van der Waals surface area contributed by atoms with Crippen LogP contribution in [-0.4, -0.2) is 48.8 Å². The molecule has 2 saturated heterocycles. The van der Waals surface area contributed by atoms with Gasteiger partial charge in [0.05, 0.1) is 23.8 Å². The summed E-state index contributed by atoms with van der Waals surface area (Å²) in [6, 6.07) is 5.48. The molecule has 2 aliphatic heterocycles. The largest absolute Gasteiger partial charge is 0.396 e. The van der Waals surface area contributed by atoms with Crippen molar-refractivity contribution in [2.75, 3.05) is 32.9 Å². The lowest BCUT2D eigenvalue weighted by Gasteiger charge is -2.36. The smallest absolute Gasteiger partial charge is 0.255 e. The van der Waals surface area contributed by atoms with Gasteiger partial charge in [0.1, 0.15) is 0 Å². The summed E-state index contributed by atoms with van der Waals surface area (Å²) in [4.78, 5) is 14.6. The highest BCUT2D eigenvalue weighted by molar-refractivity contribution is 6.33. The van der Waals surface area contributed by atoms with E-state index >= 15 is 0 Å². The lowest BCUT2D eigenvalue weighted by Crippen LogP contribution is -2.43. The van der Waals surface area contributed by atoms with Gasteiger partial charge in [0.25, 0.3) is 5.91 Å². The number of ether oxygens (including phenoxy) is 1. The molecule has 2 aliphatic rings. The summed E-state index contributed by atoms with van der Waals surface area (Å²) in [5.74, 6) is 0.259. The van der Waals surface area contributed by atoms with Crippen LogP contribution in [0.2, 0.25) is 5.02 Å². The molecule has 1 aromatic carbocycles. The van der Waals surface area contributed by atoms with Gasteiger partial charge in [-0.3, -0.25) is 4.79 Å². The topological polar surface area (TPSA) is 49.8 Å². The molecule has 0 radical (unpaired) electrons. The van der Waals surface area contributed by atoms with Crippen LogP contribution in [0, 0.1) is 18.3 Å². The van der Waals surface area contributed by atoms with Gasteiger partial charge in [-0.05, 0) is 31.4 Å². The monoisotopic (exact) mass is 309 g/mol. The molecule has 1 aromatic rings. The molecule has 3 rings (SSSR count). The Labute approximate surface area is 129 Å². The zero-order chi connectivity index (χ0) is 15.0. The second-order valence-corrected chi connectivity index (χ2v) is 6.63. The second kappa shape index (κ2) is 5.59. The van der Waals surface area contributed by atoms with Crippen molar-refractivity contribution in [1.82, 2.24) is 4.90 Å². The van der Waals surface area contributed by atoms with Gasteiger partial charge in [-0.15, -0.1) is 0 Å². The van der Waals surface area contributed by atoms with Gasteiger partial charge in [0, 0.05) is 25.1 Å². The Balaban J connectivity index is 1.85. The maximum Gasteiger partial charge on any atom is 0.255 e. The van der Waals surface area contributed by atoms with Crippen molar-refractivity contribution in [2.45, 2.75) is 13.3 Å². The van der Waals surface area contributed by atoms with Gasteiger partial charge in [0.2, 0.25) is 0 Å². The Morgan fingerprint density at radius 1 is 1.57 bits per heavy atom. The van der Waals surface area contributed by atoms with Crippen molar-refractivity contribution in [3.8, 4) is 0 Å². The fourth-order valence-corrected chi connectivity index (χ4v) is 3.65. The highest BCUT2D eigenvalue weighted by Gasteiger charge is 2.49. The number of aryl methyl sites for hydroxylation is 1. The molecule has 21 heavy (non-hydrogen) atoms. The summed E-state index contributed by atoms with van der Waals surface area (Å²) < 4.78 is 5.53. The van der Waals surface area contributed by atoms with Crippen LogP contribution >= 0.6 is 11.6 Å². The normalized spacial score (nSPS) is 28.5. The van der Waals surface area contributed by atoms with E-state index in [4.69, 9.17) is 16.3 Å². The third-order valence-corrected chi connectivity index (χ3v) is 5.10. The maximum absolute atomic E-state index is 12.7. The van der Waals surface area contributed by atoms with Crippen LogP contribution in [0.1, 0.15) is 22.3 Å². The zero-order valence-corrected chi connectivity index (χ0v) is 12.9. The van der Waals surface area contributed by atoms with Crippen LogP contribution in [-0.2, 0) is 4.74 Å². The van der Waals surface area contributed by atoms with E-state index in [9.17, 15) is 9.90 Å². The SMILES string of the molecule is Cc1ccc(Cl)c(C(=O)N2C[C@@H]3CCOC[C@]3(CO)C2)c1. The first-order chi connectivity index (χ1) is 10.1. The predicted octanol–water partition coefficient (Wildman–Crippen LogP) is 2.12. The number of benzene rings is 1. The molecular weight excluding hydrogens is 290 g/mol. The molecule has 114 valence electrons. The first-order valence-corrected chi connectivity index (χ1v) is 7.67. The van der Waals surface area contributed by atoms with Gasteiger partial charge in [-0.1, -0.05) is 23.2 Å². The molecule has 2 atom stereocenters. The number of carbonyl (C=O) groups excluding carboxylic acids is 1. The van der Waals surface area contributed by atoms with E-state index < -0.39 is 0 Å². The van der Waals surface area contributed by atoms with E-state index in [0.717, 1.165) is 12.0 Å². The Bertz CT molecular complexity index is 562. The van der Waals surface area contributed by atoms with Crippen molar-refractivity contribution < 1.29 is 14.6 Å². The summed E-state index contributed by atoms with van der Waals surface area (Å²) in [6.45, 7) is 4.45. The minimum absolute atomic E-state index is 0.0501. The number of hydrogen-bond donors (Lipinski definition) is 1. The Hall–Kier alpha value is -1.10. The van der Waals surface area contributed by atoms with Crippen molar-refractivity contribution in [1.29, 1.82) is 0 Å². The van der Waals surface area contributed by atoms with Gasteiger partial charge >= 0.3 is 0 Å². The van der Waals surface area contributed by atoms with Gasteiger partial charge in [-0.25, -0.2) is 0 Å². The molecule has 2 fully saturated rings. The van der Waals surface area contributed by atoms with E-state index in [1.807, 2.05) is 24.0 Å². The first-order valence-electron chi connectivity index (χ1n) is 7.30. The van der Waals surface area contributed by atoms with E-state index in [1.54, 1.807) is 6.07 Å². The summed E-state index contributed by atoms with van der Waals surface area (Å²) in [7, 11) is 0. The number of carbonyl (C=O) groups is 1. The van der Waals surface area contributed by atoms with Crippen molar-refractivity contribution in [3.63, 3.8) is 0 Å². The first kappa shape index (κ1) is 14.8. The van der Waals surface area contributed by atoms with Crippen molar-refractivity contribution in [3.05, 3.63) is 34.3 Å². The highest BCUT2D eigenvalue weighted by Crippen LogP contribution is 2.41. The summed E-state index contributed by atoms with van der Waals surface area (Å²) in [5.41, 5.74) is 1.26. The fourth-order valence-electron chi connectivity index (χ4n) is 3.45. The summed E-state index contributed by atoms with van der Waals surface area (Å²) in [6.07, 6.45) is 0.895. The molecule has 1 N–H and O–H groups in total. The molecule has 0 bridgehead atoms. The molecule has 4 nitrogen and oxygen atoms in total. The van der Waals surface area contributed by atoms with E-state index in [-0.39, 0.29) is 17.9 Å². The average molecular weight is 310 g/mol. The Kier molecular flexibility index (Phi) is 3.95. The fraction of sp³-hybridized carbons (Fsp3) is 0.562. The molecule has 0 spiro atoms. The number of aliphatic hydroxyl groups excluding tert-OH is 1. The number of likely N-dealkylation sites (tertiary alicyclic amines) is 1. The number of nitrogens with zero attached hydrogens (tertiary/aromatic N) is 1. The van der Waals surface area contributed by atoms with Crippen molar-refractivity contribution >= 4 is 17.5 Å². The lowest BCUT2D eigenvalue weighted by atomic mass is 9.76. The number of fused-ring (bicyclic) bond motifs is 1. The number of amides is 1. The van der Waals surface area contributed by atoms with Gasteiger partial charge < -0.3 is 14.7 Å². The molecule has 1 amide bonds. The number of aliphatic hydroxyl groups is 1. The van der Waals surface area contributed by atoms with Gasteiger partial charge in [-0.2, -0.15) is 0 Å². The third kappa shape index (κ3) is 2.56. The number of hydrogen-bond acceptors (Lipinski definition) is 3. The quantitative estimate of drug-likeness (QED) is 0.910. The Morgan fingerprint density at radius 2 is 2.38 bits per heavy atom. The number of rotatable bonds is 2. The average Bonchev–Trinajstić information content (AvgIpc) is 2.89. The minimum atomic E-state index is -0.301. The van der Waals surface area contributed by atoms with Crippen LogP contribution in [0.5, 0.6) is 0 Å². The van der Waals surface area contributed by atoms with Crippen LogP contribution < -0.4 is 0 Å². The third-order valence-electron chi connectivity index (χ3n) is 4.77. The van der Waals surface area contributed by atoms with Crippen LogP contribution in [0.25, 0.3) is 0 Å². The zero-order valence-electron chi connectivity index (χ0n) is 12.1. The molecular formula is C16H20ClNO3. The van der Waals surface area contributed by atoms with Crippen LogP contribution in [0.4, 0.5) is 0 Å². The second-order valence-electron chi connectivity index (χ2n) is 6.23. The standard InChI is InChI=1S/C16H20ClNO3/c1-11-2-3-14(17)13(6-11)15(20)18-7-12-4-5-21-10-16(12,8-18)9-19/h2-3,6,12,19H,4-5,7-10H2,1H3/t12-,16+/m0/s1. The van der Waals surface area contributed by atoms with E-state index in [0.29, 0.717) is 42.8 Å². The maximum atomic E-state index is 12.7. The predicted molar refractivity (Wildman–Crippen MR) is 80.5 cm³/mol. The summed E-state index contributed by atoms with van der Waals surface area (Å²) >= 11 is 6.17. The van der Waals surface area contributed by atoms with Crippen LogP contribution in [0.3, 0.4) is 0 Å². The minimum Gasteiger partial charge on any atom is -0.396 e. The van der Waals surface area contributed by atoms with E-state index in [2.05, 4.69) is 0 Å². The van der Waals surface area contributed by atoms with Gasteiger partial charge in [0.15, 0.2) is 0 Å². The molecule has 0 unspecified atom stereocenters. The highest BCUT2D eigenvalue weighted by atomic mass is 35.5. The molecule has 0 aliphatic carbocycles. The molecule has 5 heteroatoms. The molecule has 0 aromatic heterocycles.